The van der Waals surface area contributed by atoms with Crippen LogP contribution in [-0.2, 0) is 12.0 Å². The van der Waals surface area contributed by atoms with E-state index >= 15 is 0 Å². The molecule has 25 heavy (non-hydrogen) atoms. The molecule has 0 spiro atoms. The van der Waals surface area contributed by atoms with Crippen molar-refractivity contribution in [2.24, 2.45) is 4.99 Å². The van der Waals surface area contributed by atoms with Crippen LogP contribution in [0.1, 0.15) is 36.2 Å². The predicted octanol–water partition coefficient (Wildman–Crippen LogP) is 3.49. The van der Waals surface area contributed by atoms with Crippen molar-refractivity contribution in [1.29, 1.82) is 0 Å². The molecule has 6 heteroatoms. The Labute approximate surface area is 154 Å². The Morgan fingerprint density at radius 3 is 2.52 bits per heavy atom. The number of aromatic nitrogens is 1. The summed E-state index contributed by atoms with van der Waals surface area (Å²) in [6, 6.07) is 8.23. The fourth-order valence-corrected chi connectivity index (χ4v) is 3.12. The number of hydrogen-bond acceptors (Lipinski definition) is 4. The lowest BCUT2D eigenvalue weighted by Gasteiger charge is -2.27. The molecule has 0 saturated heterocycles. The molecule has 2 aromatic rings. The molecule has 0 bridgehead atoms. The maximum atomic E-state index is 5.24. The van der Waals surface area contributed by atoms with E-state index in [1.54, 1.807) is 18.4 Å². The van der Waals surface area contributed by atoms with Gasteiger partial charge in [0.25, 0.3) is 0 Å². The molecule has 0 atom stereocenters. The van der Waals surface area contributed by atoms with Crippen LogP contribution in [0, 0.1) is 6.92 Å². The fraction of sp³-hybridized carbons (Fsp3) is 0.474. The van der Waals surface area contributed by atoms with E-state index in [9.17, 15) is 0 Å². The minimum Gasteiger partial charge on any atom is -0.497 e. The van der Waals surface area contributed by atoms with Gasteiger partial charge in [0.15, 0.2) is 5.96 Å². The summed E-state index contributed by atoms with van der Waals surface area (Å²) in [5.41, 5.74) is 1.23. The summed E-state index contributed by atoms with van der Waals surface area (Å²) < 4.78 is 5.24. The SMILES string of the molecule is CCNC(=NCc1ncc(C)s1)NCC(C)(C)c1ccc(OC)cc1. The molecular formula is C19H28N4OS. The van der Waals surface area contributed by atoms with E-state index < -0.39 is 0 Å². The highest BCUT2D eigenvalue weighted by Gasteiger charge is 2.21. The highest BCUT2D eigenvalue weighted by atomic mass is 32.1. The summed E-state index contributed by atoms with van der Waals surface area (Å²) in [5.74, 6) is 1.69. The fourth-order valence-electron chi connectivity index (χ4n) is 2.41. The van der Waals surface area contributed by atoms with Gasteiger partial charge in [-0.1, -0.05) is 26.0 Å². The van der Waals surface area contributed by atoms with Crippen LogP contribution in [0.2, 0.25) is 0 Å². The number of ether oxygens (including phenoxy) is 1. The molecule has 0 aliphatic carbocycles. The zero-order valence-corrected chi connectivity index (χ0v) is 16.5. The number of rotatable bonds is 7. The van der Waals surface area contributed by atoms with Crippen molar-refractivity contribution in [3.05, 3.63) is 45.9 Å². The third-order valence-electron chi connectivity index (χ3n) is 3.96. The van der Waals surface area contributed by atoms with Gasteiger partial charge in [-0.2, -0.15) is 0 Å². The number of guanidine groups is 1. The molecular weight excluding hydrogens is 332 g/mol. The lowest BCUT2D eigenvalue weighted by Crippen LogP contribution is -2.43. The first kappa shape index (κ1) is 19.2. The zero-order chi connectivity index (χ0) is 18.3. The number of hydrogen-bond donors (Lipinski definition) is 2. The number of nitrogens with one attached hydrogen (secondary N) is 2. The molecule has 0 aliphatic rings. The van der Waals surface area contributed by atoms with Gasteiger partial charge in [0.1, 0.15) is 10.8 Å². The molecule has 0 aliphatic heterocycles. The van der Waals surface area contributed by atoms with Crippen LogP contribution < -0.4 is 15.4 Å². The Balaban J connectivity index is 2.00. The van der Waals surface area contributed by atoms with E-state index in [0.29, 0.717) is 6.54 Å². The summed E-state index contributed by atoms with van der Waals surface area (Å²) in [5, 5.41) is 7.78. The molecule has 0 saturated carbocycles. The first-order valence-electron chi connectivity index (χ1n) is 8.52. The normalized spacial score (nSPS) is 12.1. The monoisotopic (exact) mass is 360 g/mol. The molecule has 2 rings (SSSR count). The van der Waals surface area contributed by atoms with Gasteiger partial charge in [-0.15, -0.1) is 11.3 Å². The van der Waals surface area contributed by atoms with E-state index in [2.05, 4.69) is 60.4 Å². The third kappa shape index (κ3) is 5.74. The highest BCUT2D eigenvalue weighted by molar-refractivity contribution is 7.11. The van der Waals surface area contributed by atoms with Crippen LogP contribution >= 0.6 is 11.3 Å². The lowest BCUT2D eigenvalue weighted by molar-refractivity contribution is 0.414. The topological polar surface area (TPSA) is 58.5 Å². The minimum atomic E-state index is -0.0275. The molecule has 5 nitrogen and oxygen atoms in total. The first-order valence-corrected chi connectivity index (χ1v) is 9.34. The number of aliphatic imine (C=N–C) groups is 1. The van der Waals surface area contributed by atoms with Crippen molar-refractivity contribution < 1.29 is 4.74 Å². The number of nitrogens with zero attached hydrogens (tertiary/aromatic N) is 2. The molecule has 136 valence electrons. The minimum absolute atomic E-state index is 0.0275. The van der Waals surface area contributed by atoms with Gasteiger partial charge >= 0.3 is 0 Å². The van der Waals surface area contributed by atoms with Gasteiger partial charge in [-0.3, -0.25) is 0 Å². The molecule has 0 unspecified atom stereocenters. The summed E-state index contributed by atoms with van der Waals surface area (Å²) >= 11 is 1.69. The van der Waals surface area contributed by atoms with Gasteiger partial charge < -0.3 is 15.4 Å². The van der Waals surface area contributed by atoms with Gasteiger partial charge in [-0.25, -0.2) is 9.98 Å². The third-order valence-corrected chi connectivity index (χ3v) is 4.85. The van der Waals surface area contributed by atoms with Crippen LogP contribution in [0.5, 0.6) is 5.75 Å². The second-order valence-corrected chi connectivity index (χ2v) is 7.85. The summed E-state index contributed by atoms with van der Waals surface area (Å²) in [6.45, 7) is 10.8. The van der Waals surface area contributed by atoms with Crippen molar-refractivity contribution in [2.75, 3.05) is 20.2 Å². The molecule has 1 heterocycles. The molecule has 1 aromatic carbocycles. The van der Waals surface area contributed by atoms with Gasteiger partial charge in [0.2, 0.25) is 0 Å². The average Bonchev–Trinajstić information content (AvgIpc) is 3.03. The smallest absolute Gasteiger partial charge is 0.191 e. The van der Waals surface area contributed by atoms with Crippen molar-refractivity contribution in [3.8, 4) is 5.75 Å². The van der Waals surface area contributed by atoms with Crippen molar-refractivity contribution in [1.82, 2.24) is 15.6 Å². The summed E-state index contributed by atoms with van der Waals surface area (Å²) in [7, 11) is 1.69. The van der Waals surface area contributed by atoms with Crippen LogP contribution in [0.25, 0.3) is 0 Å². The number of aryl methyl sites for hydroxylation is 1. The molecule has 0 fully saturated rings. The van der Waals surface area contributed by atoms with E-state index in [0.717, 1.165) is 29.8 Å². The molecule has 0 amide bonds. The van der Waals surface area contributed by atoms with E-state index in [-0.39, 0.29) is 5.41 Å². The molecule has 2 N–H and O–H groups in total. The van der Waals surface area contributed by atoms with E-state index in [1.807, 2.05) is 18.3 Å². The quantitative estimate of drug-likeness (QED) is 0.586. The van der Waals surface area contributed by atoms with Crippen LogP contribution in [0.4, 0.5) is 0 Å². The van der Waals surface area contributed by atoms with Crippen molar-refractivity contribution in [3.63, 3.8) is 0 Å². The summed E-state index contributed by atoms with van der Waals surface area (Å²) in [6.07, 6.45) is 1.89. The zero-order valence-electron chi connectivity index (χ0n) is 15.7. The maximum absolute atomic E-state index is 5.24. The Kier molecular flexibility index (Phi) is 6.82. The highest BCUT2D eigenvalue weighted by Crippen LogP contribution is 2.24. The first-order chi connectivity index (χ1) is 11.9. The number of methoxy groups -OCH3 is 1. The van der Waals surface area contributed by atoms with Gasteiger partial charge in [0, 0.05) is 29.6 Å². The van der Waals surface area contributed by atoms with Crippen LogP contribution in [0.3, 0.4) is 0 Å². The van der Waals surface area contributed by atoms with Crippen molar-refractivity contribution in [2.45, 2.75) is 39.7 Å². The van der Waals surface area contributed by atoms with E-state index in [4.69, 9.17) is 4.74 Å². The van der Waals surface area contributed by atoms with Crippen LogP contribution in [-0.4, -0.2) is 31.1 Å². The standard InChI is InChI=1S/C19H28N4OS/c1-6-20-18(22-12-17-21-11-14(2)25-17)23-13-19(3,4)15-7-9-16(24-5)10-8-15/h7-11H,6,12-13H2,1-5H3,(H2,20,22,23). The Hall–Kier alpha value is -2.08. The number of thiazole rings is 1. The molecule has 0 radical (unpaired) electrons. The van der Waals surface area contributed by atoms with E-state index in [1.165, 1.54) is 10.4 Å². The van der Waals surface area contributed by atoms with Gasteiger partial charge in [0.05, 0.1) is 13.7 Å². The predicted molar refractivity (Wildman–Crippen MR) is 106 cm³/mol. The number of benzene rings is 1. The second kappa shape index (κ2) is 8.85. The summed E-state index contributed by atoms with van der Waals surface area (Å²) in [4.78, 5) is 10.2. The lowest BCUT2D eigenvalue weighted by atomic mass is 9.84. The maximum Gasteiger partial charge on any atom is 0.191 e. The largest absolute Gasteiger partial charge is 0.497 e. The van der Waals surface area contributed by atoms with Crippen molar-refractivity contribution >= 4 is 17.3 Å². The van der Waals surface area contributed by atoms with Gasteiger partial charge in [-0.05, 0) is 31.5 Å². The Bertz CT molecular complexity index is 692. The Morgan fingerprint density at radius 2 is 1.96 bits per heavy atom. The molecule has 1 aromatic heterocycles. The van der Waals surface area contributed by atoms with Crippen LogP contribution in [0.15, 0.2) is 35.5 Å². The Morgan fingerprint density at radius 1 is 1.24 bits per heavy atom. The second-order valence-electron chi connectivity index (χ2n) is 6.53. The average molecular weight is 361 g/mol.